The number of hydrogen-bond acceptors (Lipinski definition) is 5. The second-order valence-corrected chi connectivity index (χ2v) is 6.55. The summed E-state index contributed by atoms with van der Waals surface area (Å²) in [5, 5.41) is 19.6. The zero-order valence-electron chi connectivity index (χ0n) is 15.6. The van der Waals surface area contributed by atoms with Crippen LogP contribution in [0.4, 0.5) is 15.9 Å². The highest BCUT2D eigenvalue weighted by atomic mass is 19.1. The van der Waals surface area contributed by atoms with Crippen LogP contribution >= 0.6 is 0 Å². The van der Waals surface area contributed by atoms with Crippen molar-refractivity contribution in [2.24, 2.45) is 0 Å². The van der Waals surface area contributed by atoms with E-state index in [-0.39, 0.29) is 12.4 Å². The molecule has 0 spiro atoms. The van der Waals surface area contributed by atoms with E-state index in [0.717, 1.165) is 22.4 Å². The van der Waals surface area contributed by atoms with Crippen molar-refractivity contribution in [1.82, 2.24) is 10.2 Å². The first-order valence-corrected chi connectivity index (χ1v) is 9.33. The summed E-state index contributed by atoms with van der Waals surface area (Å²) in [7, 11) is 0. The van der Waals surface area contributed by atoms with Crippen LogP contribution in [0.15, 0.2) is 36.4 Å². The summed E-state index contributed by atoms with van der Waals surface area (Å²) in [6, 6.07) is 10.2. The summed E-state index contributed by atoms with van der Waals surface area (Å²) < 4.78 is 25.0. The van der Waals surface area contributed by atoms with Crippen LogP contribution in [0.5, 0.6) is 11.5 Å². The van der Waals surface area contributed by atoms with E-state index in [0.29, 0.717) is 49.1 Å². The number of aliphatic hydroxyl groups excluding tert-OH is 1. The number of aromatic nitrogens is 2. The average Bonchev–Trinajstić information content (AvgIpc) is 3.22. The number of rotatable bonds is 8. The highest BCUT2D eigenvalue weighted by molar-refractivity contribution is 5.81. The third kappa shape index (κ3) is 3.53. The Morgan fingerprint density at radius 1 is 1.21 bits per heavy atom. The number of aliphatic hydroxyl groups is 1. The van der Waals surface area contributed by atoms with Gasteiger partial charge in [-0.3, -0.25) is 5.10 Å². The molecule has 146 valence electrons. The monoisotopic (exact) mass is 383 g/mol. The predicted octanol–water partition coefficient (Wildman–Crippen LogP) is 4.02. The SMILES string of the molecule is CCOc1cc2c(cc1OCCCO)-c1[nH]nc(Nc3cccc(F)c3)c1C2. The van der Waals surface area contributed by atoms with E-state index >= 15 is 0 Å². The minimum atomic E-state index is -0.300. The first-order chi connectivity index (χ1) is 13.7. The summed E-state index contributed by atoms with van der Waals surface area (Å²) in [6.45, 7) is 2.96. The van der Waals surface area contributed by atoms with E-state index in [1.54, 1.807) is 12.1 Å². The molecule has 0 atom stereocenters. The number of hydrogen-bond donors (Lipinski definition) is 3. The van der Waals surface area contributed by atoms with Crippen LogP contribution in [-0.4, -0.2) is 35.1 Å². The van der Waals surface area contributed by atoms with Crippen LogP contribution in [0.1, 0.15) is 24.5 Å². The number of nitrogens with zero attached hydrogens (tertiary/aromatic N) is 1. The predicted molar refractivity (Wildman–Crippen MR) is 105 cm³/mol. The van der Waals surface area contributed by atoms with Crippen LogP contribution in [0.2, 0.25) is 0 Å². The largest absolute Gasteiger partial charge is 0.490 e. The molecule has 0 fully saturated rings. The Kier molecular flexibility index (Phi) is 5.16. The molecule has 1 aliphatic carbocycles. The molecule has 1 aromatic heterocycles. The van der Waals surface area contributed by atoms with Gasteiger partial charge in [-0.25, -0.2) is 4.39 Å². The zero-order valence-corrected chi connectivity index (χ0v) is 15.6. The zero-order chi connectivity index (χ0) is 19.5. The van der Waals surface area contributed by atoms with Gasteiger partial charge in [0.25, 0.3) is 0 Å². The molecule has 28 heavy (non-hydrogen) atoms. The first-order valence-electron chi connectivity index (χ1n) is 9.33. The maximum absolute atomic E-state index is 13.5. The van der Waals surface area contributed by atoms with Crippen molar-refractivity contribution in [1.29, 1.82) is 0 Å². The smallest absolute Gasteiger partial charge is 0.161 e. The Morgan fingerprint density at radius 3 is 2.86 bits per heavy atom. The number of benzene rings is 2. The minimum Gasteiger partial charge on any atom is -0.490 e. The molecule has 0 bridgehead atoms. The molecule has 3 N–H and O–H groups in total. The van der Waals surface area contributed by atoms with Crippen molar-refractivity contribution in [3.05, 3.63) is 53.3 Å². The van der Waals surface area contributed by atoms with Gasteiger partial charge in [-0.05, 0) is 42.8 Å². The Morgan fingerprint density at radius 2 is 2.07 bits per heavy atom. The molecule has 1 aliphatic rings. The molecular formula is C21H22FN3O3. The molecule has 1 heterocycles. The third-order valence-corrected chi connectivity index (χ3v) is 4.62. The fraction of sp³-hybridized carbons (Fsp3) is 0.286. The molecular weight excluding hydrogens is 361 g/mol. The Hall–Kier alpha value is -3.06. The van der Waals surface area contributed by atoms with E-state index in [9.17, 15) is 4.39 Å². The quantitative estimate of drug-likeness (QED) is 0.401. The van der Waals surface area contributed by atoms with Crippen molar-refractivity contribution >= 4 is 11.5 Å². The van der Waals surface area contributed by atoms with Gasteiger partial charge in [0.1, 0.15) is 5.82 Å². The van der Waals surface area contributed by atoms with Crippen LogP contribution in [0.3, 0.4) is 0 Å². The van der Waals surface area contributed by atoms with E-state index in [1.807, 2.05) is 19.1 Å². The summed E-state index contributed by atoms with van der Waals surface area (Å²) in [5.41, 5.74) is 4.72. The van der Waals surface area contributed by atoms with Gasteiger partial charge < -0.3 is 19.9 Å². The number of aromatic amines is 1. The standard InChI is InChI=1S/C21H22FN3O3/c1-2-27-18-10-13-9-17-20(16(13)12-19(18)28-8-4-7-26)24-25-21(17)23-15-6-3-5-14(22)11-15/h3,5-6,10-12,26H,2,4,7-9H2,1H3,(H2,23,24,25). The molecule has 4 rings (SSSR count). The summed E-state index contributed by atoms with van der Waals surface area (Å²) in [4.78, 5) is 0. The van der Waals surface area contributed by atoms with Crippen LogP contribution < -0.4 is 14.8 Å². The molecule has 0 radical (unpaired) electrons. The van der Waals surface area contributed by atoms with Gasteiger partial charge in [0, 0.05) is 36.3 Å². The highest BCUT2D eigenvalue weighted by Crippen LogP contribution is 2.44. The highest BCUT2D eigenvalue weighted by Gasteiger charge is 2.27. The Balaban J connectivity index is 1.64. The molecule has 0 saturated carbocycles. The maximum atomic E-state index is 13.5. The summed E-state index contributed by atoms with van der Waals surface area (Å²) >= 11 is 0. The lowest BCUT2D eigenvalue weighted by Crippen LogP contribution is -2.03. The lowest BCUT2D eigenvalue weighted by atomic mass is 10.1. The summed E-state index contributed by atoms with van der Waals surface area (Å²) in [6.07, 6.45) is 1.25. The number of H-pyrrole nitrogens is 1. The number of ether oxygens (including phenoxy) is 2. The molecule has 6 nitrogen and oxygen atoms in total. The minimum absolute atomic E-state index is 0.0781. The fourth-order valence-corrected chi connectivity index (χ4v) is 3.37. The molecule has 0 unspecified atom stereocenters. The van der Waals surface area contributed by atoms with Crippen molar-refractivity contribution in [3.63, 3.8) is 0 Å². The fourth-order valence-electron chi connectivity index (χ4n) is 3.37. The number of fused-ring (bicyclic) bond motifs is 3. The van der Waals surface area contributed by atoms with Gasteiger partial charge in [0.15, 0.2) is 17.3 Å². The molecule has 0 aliphatic heterocycles. The maximum Gasteiger partial charge on any atom is 0.161 e. The lowest BCUT2D eigenvalue weighted by molar-refractivity contribution is 0.225. The molecule has 0 saturated heterocycles. The van der Waals surface area contributed by atoms with Crippen LogP contribution in [-0.2, 0) is 6.42 Å². The van der Waals surface area contributed by atoms with Gasteiger partial charge in [-0.15, -0.1) is 0 Å². The first kappa shape index (κ1) is 18.3. The van der Waals surface area contributed by atoms with Gasteiger partial charge in [-0.2, -0.15) is 5.10 Å². The third-order valence-electron chi connectivity index (χ3n) is 4.62. The average molecular weight is 383 g/mol. The molecule has 2 aromatic carbocycles. The van der Waals surface area contributed by atoms with Crippen molar-refractivity contribution in [3.8, 4) is 22.8 Å². The van der Waals surface area contributed by atoms with E-state index < -0.39 is 0 Å². The number of nitrogens with one attached hydrogen (secondary N) is 2. The van der Waals surface area contributed by atoms with Crippen molar-refractivity contribution in [2.75, 3.05) is 25.1 Å². The van der Waals surface area contributed by atoms with Crippen molar-refractivity contribution < 1.29 is 19.0 Å². The lowest BCUT2D eigenvalue weighted by Gasteiger charge is -2.14. The topological polar surface area (TPSA) is 79.4 Å². The van der Waals surface area contributed by atoms with Gasteiger partial charge in [0.2, 0.25) is 0 Å². The van der Waals surface area contributed by atoms with Gasteiger partial charge >= 0.3 is 0 Å². The summed E-state index contributed by atoms with van der Waals surface area (Å²) in [5.74, 6) is 1.72. The number of anilines is 2. The Bertz CT molecular complexity index is 987. The number of halogens is 1. The van der Waals surface area contributed by atoms with E-state index in [2.05, 4.69) is 15.5 Å². The second-order valence-electron chi connectivity index (χ2n) is 6.55. The van der Waals surface area contributed by atoms with E-state index in [1.165, 1.54) is 12.1 Å². The van der Waals surface area contributed by atoms with Crippen LogP contribution in [0, 0.1) is 5.82 Å². The van der Waals surface area contributed by atoms with E-state index in [4.69, 9.17) is 14.6 Å². The molecule has 3 aromatic rings. The Labute approximate surface area is 162 Å². The molecule has 0 amide bonds. The van der Waals surface area contributed by atoms with Crippen molar-refractivity contribution in [2.45, 2.75) is 19.8 Å². The van der Waals surface area contributed by atoms with Gasteiger partial charge in [0.05, 0.1) is 18.9 Å². The normalized spacial score (nSPS) is 11.8. The second kappa shape index (κ2) is 7.90. The van der Waals surface area contributed by atoms with Crippen LogP contribution in [0.25, 0.3) is 11.3 Å². The van der Waals surface area contributed by atoms with Gasteiger partial charge in [-0.1, -0.05) is 6.07 Å². The molecule has 7 heteroatoms.